The second-order valence-corrected chi connectivity index (χ2v) is 6.66. The van der Waals surface area contributed by atoms with Gasteiger partial charge in [0.05, 0.1) is 19.6 Å². The summed E-state index contributed by atoms with van der Waals surface area (Å²) in [4.78, 5) is 32.8. The molecule has 0 radical (unpaired) electrons. The Morgan fingerprint density at radius 3 is 2.79 bits per heavy atom. The number of carbonyl (C=O) groups excluding carboxylic acids is 2. The third kappa shape index (κ3) is 3.40. The molecule has 2 aliphatic rings. The van der Waals surface area contributed by atoms with Crippen molar-refractivity contribution in [1.82, 2.24) is 9.80 Å². The average Bonchev–Trinajstić information content (AvgIpc) is 3.22. The van der Waals surface area contributed by atoms with E-state index in [-0.39, 0.29) is 24.2 Å². The first-order valence-corrected chi connectivity index (χ1v) is 9.15. The summed E-state index contributed by atoms with van der Waals surface area (Å²) in [6, 6.07) is 7.65. The molecule has 1 aromatic rings. The highest BCUT2D eigenvalue weighted by atomic mass is 32.2. The van der Waals surface area contributed by atoms with E-state index in [0.29, 0.717) is 26.2 Å². The lowest BCUT2D eigenvalue weighted by molar-refractivity contribution is -0.132. The molecule has 0 aromatic heterocycles. The number of thioether (sulfide) groups is 1. The molecule has 1 aromatic carbocycles. The number of ether oxygens (including phenoxy) is 1. The Hall–Kier alpha value is -2.02. The molecule has 128 valence electrons. The molecule has 7 heteroatoms. The molecule has 1 saturated heterocycles. The van der Waals surface area contributed by atoms with Gasteiger partial charge in [0, 0.05) is 26.1 Å². The minimum atomic E-state index is -0.272. The van der Waals surface area contributed by atoms with E-state index in [2.05, 4.69) is 4.99 Å². The molecule has 24 heavy (non-hydrogen) atoms. The molecular weight excluding hydrogens is 326 g/mol. The van der Waals surface area contributed by atoms with Gasteiger partial charge in [-0.2, -0.15) is 0 Å². The fourth-order valence-electron chi connectivity index (χ4n) is 3.07. The maximum absolute atomic E-state index is 12.7. The van der Waals surface area contributed by atoms with Gasteiger partial charge < -0.3 is 9.64 Å². The lowest BCUT2D eigenvalue weighted by Crippen LogP contribution is -2.38. The standard InChI is InChI=1S/C17H21N3O3S/c1-23-14-5-3-12(4-6-14)10-19-11-13(9-15(19)21)16(22)20-8-7-18-17(20)24-2/h3-6,13H,7-11H2,1-2H3/t13-/m1/s1. The normalized spacial score (nSPS) is 20.5. The number of aliphatic imine (C=N–C) groups is 1. The molecule has 2 amide bonds. The summed E-state index contributed by atoms with van der Waals surface area (Å²) < 4.78 is 5.14. The molecule has 2 heterocycles. The average molecular weight is 347 g/mol. The zero-order valence-electron chi connectivity index (χ0n) is 13.9. The molecule has 6 nitrogen and oxygen atoms in total. The first-order valence-electron chi connectivity index (χ1n) is 7.93. The van der Waals surface area contributed by atoms with E-state index in [9.17, 15) is 9.59 Å². The Morgan fingerprint density at radius 1 is 1.38 bits per heavy atom. The quantitative estimate of drug-likeness (QED) is 0.830. The fourth-order valence-corrected chi connectivity index (χ4v) is 3.69. The van der Waals surface area contributed by atoms with Crippen LogP contribution in [0.25, 0.3) is 0 Å². The van der Waals surface area contributed by atoms with Crippen LogP contribution in [0.3, 0.4) is 0 Å². The van der Waals surface area contributed by atoms with Crippen LogP contribution in [0.2, 0.25) is 0 Å². The van der Waals surface area contributed by atoms with Crippen molar-refractivity contribution in [2.45, 2.75) is 13.0 Å². The highest BCUT2D eigenvalue weighted by Crippen LogP contribution is 2.25. The number of amidine groups is 1. The second kappa shape index (κ2) is 7.25. The molecule has 0 aliphatic carbocycles. The number of likely N-dealkylation sites (tertiary alicyclic amines) is 1. The van der Waals surface area contributed by atoms with Crippen LogP contribution < -0.4 is 4.74 Å². The molecule has 0 bridgehead atoms. The fraction of sp³-hybridized carbons (Fsp3) is 0.471. The SMILES string of the molecule is COc1ccc(CN2C[C@H](C(=O)N3CCN=C3SC)CC2=O)cc1. The van der Waals surface area contributed by atoms with Crippen LogP contribution in [0.5, 0.6) is 5.75 Å². The lowest BCUT2D eigenvalue weighted by Gasteiger charge is -2.21. The predicted octanol–water partition coefficient (Wildman–Crippen LogP) is 1.60. The molecule has 0 unspecified atom stereocenters. The van der Waals surface area contributed by atoms with Gasteiger partial charge in [-0.05, 0) is 24.0 Å². The minimum Gasteiger partial charge on any atom is -0.497 e. The van der Waals surface area contributed by atoms with Crippen molar-refractivity contribution < 1.29 is 14.3 Å². The van der Waals surface area contributed by atoms with E-state index in [1.165, 1.54) is 11.8 Å². The number of nitrogens with zero attached hydrogens (tertiary/aromatic N) is 3. The van der Waals surface area contributed by atoms with E-state index in [0.717, 1.165) is 16.5 Å². The Bertz CT molecular complexity index is 660. The summed E-state index contributed by atoms with van der Waals surface area (Å²) in [6.45, 7) is 2.27. The van der Waals surface area contributed by atoms with Gasteiger partial charge in [-0.3, -0.25) is 19.5 Å². The first kappa shape index (κ1) is 16.8. The van der Waals surface area contributed by atoms with E-state index < -0.39 is 0 Å². The van der Waals surface area contributed by atoms with E-state index in [1.54, 1.807) is 16.9 Å². The number of methoxy groups -OCH3 is 1. The van der Waals surface area contributed by atoms with Crippen molar-refractivity contribution in [2.75, 3.05) is 33.0 Å². The monoisotopic (exact) mass is 347 g/mol. The maximum atomic E-state index is 12.7. The van der Waals surface area contributed by atoms with Gasteiger partial charge in [0.15, 0.2) is 5.17 Å². The molecular formula is C17H21N3O3S. The third-order valence-corrected chi connectivity index (χ3v) is 5.06. The highest BCUT2D eigenvalue weighted by Gasteiger charge is 2.38. The van der Waals surface area contributed by atoms with Crippen LogP contribution in [0.1, 0.15) is 12.0 Å². The van der Waals surface area contributed by atoms with Gasteiger partial charge in [-0.15, -0.1) is 0 Å². The van der Waals surface area contributed by atoms with Crippen molar-refractivity contribution in [1.29, 1.82) is 0 Å². The molecule has 2 aliphatic heterocycles. The minimum absolute atomic E-state index is 0.0196. The van der Waals surface area contributed by atoms with Crippen LogP contribution in [0, 0.1) is 5.92 Å². The second-order valence-electron chi connectivity index (χ2n) is 5.88. The van der Waals surface area contributed by atoms with Crippen LogP contribution in [0.4, 0.5) is 0 Å². The van der Waals surface area contributed by atoms with Crippen LogP contribution in [-0.2, 0) is 16.1 Å². The molecule has 3 rings (SSSR count). The molecule has 1 fully saturated rings. The lowest BCUT2D eigenvalue weighted by atomic mass is 10.1. The maximum Gasteiger partial charge on any atom is 0.234 e. The predicted molar refractivity (Wildman–Crippen MR) is 94.0 cm³/mol. The Balaban J connectivity index is 1.62. The van der Waals surface area contributed by atoms with Crippen molar-refractivity contribution >= 4 is 28.7 Å². The molecule has 1 atom stereocenters. The topological polar surface area (TPSA) is 62.2 Å². The third-order valence-electron chi connectivity index (χ3n) is 4.35. The van der Waals surface area contributed by atoms with Crippen LogP contribution >= 0.6 is 11.8 Å². The number of carbonyl (C=O) groups is 2. The van der Waals surface area contributed by atoms with Crippen molar-refractivity contribution in [2.24, 2.45) is 10.9 Å². The number of hydrogen-bond donors (Lipinski definition) is 0. The van der Waals surface area contributed by atoms with Gasteiger partial charge in [0.2, 0.25) is 11.8 Å². The summed E-state index contributed by atoms with van der Waals surface area (Å²) in [5.74, 6) is 0.570. The zero-order valence-corrected chi connectivity index (χ0v) is 14.7. The number of rotatable bonds is 4. The highest BCUT2D eigenvalue weighted by molar-refractivity contribution is 8.13. The van der Waals surface area contributed by atoms with Crippen LogP contribution in [-0.4, -0.2) is 59.8 Å². The number of amides is 2. The van der Waals surface area contributed by atoms with Gasteiger partial charge in [0.1, 0.15) is 5.75 Å². The van der Waals surface area contributed by atoms with E-state index in [4.69, 9.17) is 4.74 Å². The van der Waals surface area contributed by atoms with Crippen molar-refractivity contribution in [3.05, 3.63) is 29.8 Å². The largest absolute Gasteiger partial charge is 0.497 e. The smallest absolute Gasteiger partial charge is 0.234 e. The van der Waals surface area contributed by atoms with Gasteiger partial charge in [0.25, 0.3) is 0 Å². The number of benzene rings is 1. The zero-order chi connectivity index (χ0) is 17.1. The van der Waals surface area contributed by atoms with E-state index in [1.807, 2.05) is 30.5 Å². The molecule has 0 saturated carbocycles. The summed E-state index contributed by atoms with van der Waals surface area (Å²) in [7, 11) is 1.62. The Kier molecular flexibility index (Phi) is 5.08. The summed E-state index contributed by atoms with van der Waals surface area (Å²) >= 11 is 1.48. The summed E-state index contributed by atoms with van der Waals surface area (Å²) in [5.41, 5.74) is 1.03. The summed E-state index contributed by atoms with van der Waals surface area (Å²) in [5, 5.41) is 0.765. The number of hydrogen-bond acceptors (Lipinski definition) is 5. The molecule has 0 N–H and O–H groups in total. The van der Waals surface area contributed by atoms with Crippen molar-refractivity contribution in [3.8, 4) is 5.75 Å². The van der Waals surface area contributed by atoms with Crippen LogP contribution in [0.15, 0.2) is 29.3 Å². The van der Waals surface area contributed by atoms with E-state index >= 15 is 0 Å². The molecule has 0 spiro atoms. The van der Waals surface area contributed by atoms with Gasteiger partial charge in [-0.25, -0.2) is 0 Å². The Morgan fingerprint density at radius 2 is 2.12 bits per heavy atom. The Labute approximate surface area is 145 Å². The first-order chi connectivity index (χ1) is 11.6. The summed E-state index contributed by atoms with van der Waals surface area (Å²) in [6.07, 6.45) is 2.20. The van der Waals surface area contributed by atoms with Crippen molar-refractivity contribution in [3.63, 3.8) is 0 Å². The van der Waals surface area contributed by atoms with Gasteiger partial charge >= 0.3 is 0 Å². The van der Waals surface area contributed by atoms with Gasteiger partial charge in [-0.1, -0.05) is 23.9 Å².